The average molecular weight is 167 g/mol. The molecule has 1 fully saturated rings. The molecule has 0 saturated carbocycles. The second kappa shape index (κ2) is 4.49. The summed E-state index contributed by atoms with van der Waals surface area (Å²) < 4.78 is 0. The Morgan fingerprint density at radius 3 is 2.40 bits per heavy atom. The summed E-state index contributed by atoms with van der Waals surface area (Å²) in [5, 5.41) is 14.3. The SMILES string of the molecule is Cl.O=C(O)CC1NCCN1. The number of rotatable bonds is 2. The third-order valence-corrected chi connectivity index (χ3v) is 1.29. The largest absolute Gasteiger partial charge is 0.481 e. The second-order valence-electron chi connectivity index (χ2n) is 2.06. The van der Waals surface area contributed by atoms with Crippen molar-refractivity contribution in [3.8, 4) is 0 Å². The van der Waals surface area contributed by atoms with Crippen molar-refractivity contribution in [2.75, 3.05) is 13.1 Å². The molecule has 0 radical (unpaired) electrons. The highest BCUT2D eigenvalue weighted by molar-refractivity contribution is 5.85. The Kier molecular flexibility index (Phi) is 4.34. The minimum Gasteiger partial charge on any atom is -0.481 e. The highest BCUT2D eigenvalue weighted by Crippen LogP contribution is 1.90. The van der Waals surface area contributed by atoms with Gasteiger partial charge >= 0.3 is 5.97 Å². The van der Waals surface area contributed by atoms with Gasteiger partial charge in [0, 0.05) is 13.1 Å². The Hall–Kier alpha value is -0.320. The zero-order valence-electron chi connectivity index (χ0n) is 5.46. The number of hydrogen-bond acceptors (Lipinski definition) is 3. The van der Waals surface area contributed by atoms with Crippen LogP contribution in [0.4, 0.5) is 0 Å². The average Bonchev–Trinajstić information content (AvgIpc) is 2.15. The van der Waals surface area contributed by atoms with E-state index in [1.54, 1.807) is 0 Å². The molecule has 0 atom stereocenters. The van der Waals surface area contributed by atoms with Gasteiger partial charge in [0.15, 0.2) is 0 Å². The van der Waals surface area contributed by atoms with Crippen molar-refractivity contribution < 1.29 is 9.90 Å². The summed E-state index contributed by atoms with van der Waals surface area (Å²) in [6.45, 7) is 1.75. The number of carboxylic acid groups (broad SMARTS) is 1. The van der Waals surface area contributed by atoms with Crippen LogP contribution < -0.4 is 10.6 Å². The molecule has 0 spiro atoms. The van der Waals surface area contributed by atoms with Crippen LogP contribution in [-0.4, -0.2) is 30.3 Å². The summed E-state index contributed by atoms with van der Waals surface area (Å²) in [5.41, 5.74) is 0. The number of nitrogens with one attached hydrogen (secondary N) is 2. The second-order valence-corrected chi connectivity index (χ2v) is 2.06. The molecular weight excluding hydrogens is 156 g/mol. The Labute approximate surface area is 65.4 Å². The van der Waals surface area contributed by atoms with Gasteiger partial charge in [-0.1, -0.05) is 0 Å². The van der Waals surface area contributed by atoms with Crippen molar-refractivity contribution in [1.29, 1.82) is 0 Å². The molecule has 1 heterocycles. The van der Waals surface area contributed by atoms with Crippen molar-refractivity contribution in [2.24, 2.45) is 0 Å². The monoisotopic (exact) mass is 166 g/mol. The van der Waals surface area contributed by atoms with Crippen molar-refractivity contribution in [3.63, 3.8) is 0 Å². The predicted molar refractivity (Wildman–Crippen MR) is 39.3 cm³/mol. The fourth-order valence-corrected chi connectivity index (χ4v) is 0.884. The van der Waals surface area contributed by atoms with Crippen LogP contribution in [0.25, 0.3) is 0 Å². The highest BCUT2D eigenvalue weighted by Gasteiger charge is 2.15. The van der Waals surface area contributed by atoms with E-state index in [4.69, 9.17) is 5.11 Å². The molecule has 3 N–H and O–H groups in total. The lowest BCUT2D eigenvalue weighted by molar-refractivity contribution is -0.137. The van der Waals surface area contributed by atoms with E-state index in [0.717, 1.165) is 13.1 Å². The molecule has 0 unspecified atom stereocenters. The van der Waals surface area contributed by atoms with Crippen LogP contribution in [-0.2, 0) is 4.79 Å². The van der Waals surface area contributed by atoms with Gasteiger partial charge in [0.2, 0.25) is 0 Å². The van der Waals surface area contributed by atoms with E-state index in [1.807, 2.05) is 0 Å². The lowest BCUT2D eigenvalue weighted by atomic mass is 10.3. The quantitative estimate of drug-likeness (QED) is 0.513. The fourth-order valence-electron chi connectivity index (χ4n) is 0.884. The molecule has 0 amide bonds. The van der Waals surface area contributed by atoms with E-state index in [0.29, 0.717) is 0 Å². The number of halogens is 1. The first kappa shape index (κ1) is 9.68. The first-order valence-corrected chi connectivity index (χ1v) is 2.97. The number of carboxylic acids is 1. The van der Waals surface area contributed by atoms with Gasteiger partial charge in [-0.2, -0.15) is 0 Å². The molecule has 1 aliphatic rings. The summed E-state index contributed by atoms with van der Waals surface area (Å²) in [6, 6.07) is 0. The lowest BCUT2D eigenvalue weighted by Crippen LogP contribution is -2.33. The Morgan fingerprint density at radius 2 is 2.00 bits per heavy atom. The topological polar surface area (TPSA) is 61.4 Å². The van der Waals surface area contributed by atoms with E-state index >= 15 is 0 Å². The Morgan fingerprint density at radius 1 is 1.50 bits per heavy atom. The molecule has 5 heteroatoms. The first-order valence-electron chi connectivity index (χ1n) is 2.97. The Balaban J connectivity index is 0.000000810. The molecule has 60 valence electrons. The first-order chi connectivity index (χ1) is 4.29. The zero-order chi connectivity index (χ0) is 6.69. The van der Waals surface area contributed by atoms with E-state index in [1.165, 1.54) is 0 Å². The lowest BCUT2D eigenvalue weighted by Gasteiger charge is -2.04. The maximum absolute atomic E-state index is 10.1. The molecule has 0 aromatic carbocycles. The van der Waals surface area contributed by atoms with Crippen LogP contribution in [0.2, 0.25) is 0 Å². The van der Waals surface area contributed by atoms with Gasteiger partial charge < -0.3 is 15.7 Å². The van der Waals surface area contributed by atoms with E-state index in [-0.39, 0.29) is 25.0 Å². The van der Waals surface area contributed by atoms with Gasteiger partial charge in [-0.05, 0) is 0 Å². The van der Waals surface area contributed by atoms with E-state index in [9.17, 15) is 4.79 Å². The molecule has 10 heavy (non-hydrogen) atoms. The van der Waals surface area contributed by atoms with E-state index < -0.39 is 5.97 Å². The van der Waals surface area contributed by atoms with Crippen molar-refractivity contribution in [3.05, 3.63) is 0 Å². The summed E-state index contributed by atoms with van der Waals surface area (Å²) in [6.07, 6.45) is 0.155. The van der Waals surface area contributed by atoms with Crippen LogP contribution in [0.1, 0.15) is 6.42 Å². The van der Waals surface area contributed by atoms with Crippen molar-refractivity contribution >= 4 is 18.4 Å². The summed E-state index contributed by atoms with van der Waals surface area (Å²) >= 11 is 0. The molecular formula is C5H11ClN2O2. The molecule has 0 aromatic heterocycles. The van der Waals surface area contributed by atoms with Crippen molar-refractivity contribution in [2.45, 2.75) is 12.6 Å². The zero-order valence-corrected chi connectivity index (χ0v) is 6.28. The van der Waals surface area contributed by atoms with Gasteiger partial charge in [-0.15, -0.1) is 12.4 Å². The molecule has 1 saturated heterocycles. The smallest absolute Gasteiger partial charge is 0.306 e. The highest BCUT2D eigenvalue weighted by atomic mass is 35.5. The normalized spacial score (nSPS) is 18.4. The predicted octanol–water partition coefficient (Wildman–Crippen LogP) is -0.598. The van der Waals surface area contributed by atoms with Gasteiger partial charge in [0.1, 0.15) is 0 Å². The maximum Gasteiger partial charge on any atom is 0.306 e. The Bertz CT molecular complexity index is 114. The molecule has 0 aromatic rings. The van der Waals surface area contributed by atoms with Gasteiger partial charge in [-0.3, -0.25) is 4.79 Å². The van der Waals surface area contributed by atoms with Gasteiger partial charge in [-0.25, -0.2) is 0 Å². The minimum atomic E-state index is -0.762. The number of hydrogen-bond donors (Lipinski definition) is 3. The third-order valence-electron chi connectivity index (χ3n) is 1.29. The van der Waals surface area contributed by atoms with Crippen LogP contribution in [0.15, 0.2) is 0 Å². The summed E-state index contributed by atoms with van der Waals surface area (Å²) in [7, 11) is 0. The van der Waals surface area contributed by atoms with Crippen LogP contribution in [0, 0.1) is 0 Å². The van der Waals surface area contributed by atoms with E-state index in [2.05, 4.69) is 10.6 Å². The molecule has 0 aliphatic carbocycles. The van der Waals surface area contributed by atoms with Gasteiger partial charge in [0.05, 0.1) is 12.6 Å². The molecule has 0 bridgehead atoms. The molecule has 1 rings (SSSR count). The van der Waals surface area contributed by atoms with Crippen LogP contribution in [0.5, 0.6) is 0 Å². The van der Waals surface area contributed by atoms with Crippen LogP contribution in [0.3, 0.4) is 0 Å². The summed E-state index contributed by atoms with van der Waals surface area (Å²) in [5.74, 6) is -0.762. The minimum absolute atomic E-state index is 0. The maximum atomic E-state index is 10.1. The van der Waals surface area contributed by atoms with Crippen molar-refractivity contribution in [1.82, 2.24) is 10.6 Å². The standard InChI is InChI=1S/C5H10N2O2.ClH/c8-5(9)3-4-6-1-2-7-4;/h4,6-7H,1-3H2,(H,8,9);1H. The number of aliphatic carboxylic acids is 1. The van der Waals surface area contributed by atoms with Gasteiger partial charge in [0.25, 0.3) is 0 Å². The summed E-state index contributed by atoms with van der Waals surface area (Å²) in [4.78, 5) is 10.1. The fraction of sp³-hybridized carbons (Fsp3) is 0.800. The number of carbonyl (C=O) groups is 1. The molecule has 4 nitrogen and oxygen atoms in total. The third kappa shape index (κ3) is 3.00. The molecule has 1 aliphatic heterocycles. The van der Waals surface area contributed by atoms with Crippen LogP contribution >= 0.6 is 12.4 Å².